The number of aliphatic carboxylic acids is 1. The minimum Gasteiger partial charge on any atom is -0.497 e. The number of ether oxygens (including phenoxy) is 2. The molecule has 202 valence electrons. The van der Waals surface area contributed by atoms with Crippen LogP contribution in [-0.4, -0.2) is 82.7 Å². The van der Waals surface area contributed by atoms with Gasteiger partial charge in [0.2, 0.25) is 11.8 Å². The minimum atomic E-state index is -1.35. The van der Waals surface area contributed by atoms with Crippen molar-refractivity contribution in [3.05, 3.63) is 41.6 Å². The van der Waals surface area contributed by atoms with E-state index in [2.05, 4.69) is 10.3 Å². The maximum absolute atomic E-state index is 13.5. The summed E-state index contributed by atoms with van der Waals surface area (Å²) in [7, 11) is 3.29. The van der Waals surface area contributed by atoms with Gasteiger partial charge in [0.25, 0.3) is 0 Å². The average molecular weight is 543 g/mol. The van der Waals surface area contributed by atoms with Gasteiger partial charge in [-0.25, -0.2) is 14.6 Å². The molecule has 10 nitrogen and oxygen atoms in total. The first-order chi connectivity index (χ1) is 18.2. The summed E-state index contributed by atoms with van der Waals surface area (Å²) in [6, 6.07) is 5.96. The fourth-order valence-corrected chi connectivity index (χ4v) is 5.54. The van der Waals surface area contributed by atoms with Crippen LogP contribution in [0.25, 0.3) is 10.8 Å². The van der Waals surface area contributed by atoms with Gasteiger partial charge in [0.1, 0.15) is 28.6 Å². The molecule has 0 spiro atoms. The monoisotopic (exact) mass is 542 g/mol. The molecule has 2 aliphatic heterocycles. The van der Waals surface area contributed by atoms with E-state index in [1.807, 2.05) is 24.3 Å². The van der Waals surface area contributed by atoms with Crippen molar-refractivity contribution in [2.75, 3.05) is 27.2 Å². The first kappa shape index (κ1) is 26.1. The van der Waals surface area contributed by atoms with E-state index < -0.39 is 29.6 Å². The number of carboxylic acids is 1. The van der Waals surface area contributed by atoms with E-state index in [-0.39, 0.29) is 30.1 Å². The van der Waals surface area contributed by atoms with Crippen molar-refractivity contribution in [3.63, 3.8) is 0 Å². The lowest BCUT2D eigenvalue weighted by molar-refractivity contribution is -0.144. The quantitative estimate of drug-likeness (QED) is 0.448. The molecule has 3 amide bonds. The molecule has 2 fully saturated rings. The molecule has 1 saturated heterocycles. The van der Waals surface area contributed by atoms with Crippen LogP contribution in [0, 0.1) is 5.92 Å². The predicted octanol–water partition coefficient (Wildman–Crippen LogP) is 3.47. The molecule has 1 saturated carbocycles. The lowest BCUT2D eigenvalue weighted by Gasteiger charge is -2.29. The van der Waals surface area contributed by atoms with Gasteiger partial charge in [-0.15, -0.1) is 0 Å². The van der Waals surface area contributed by atoms with E-state index in [1.165, 1.54) is 4.90 Å². The van der Waals surface area contributed by atoms with E-state index in [0.717, 1.165) is 24.6 Å². The molecule has 0 radical (unpaired) electrons. The van der Waals surface area contributed by atoms with Crippen LogP contribution < -0.4 is 14.8 Å². The van der Waals surface area contributed by atoms with Crippen LogP contribution in [0.2, 0.25) is 5.15 Å². The average Bonchev–Trinajstić information content (AvgIpc) is 3.42. The highest BCUT2D eigenvalue weighted by molar-refractivity contribution is 6.30. The summed E-state index contributed by atoms with van der Waals surface area (Å²) >= 11 is 6.27. The highest BCUT2D eigenvalue weighted by Gasteiger charge is 2.61. The molecular weight excluding hydrogens is 512 g/mol. The molecule has 38 heavy (non-hydrogen) atoms. The topological polar surface area (TPSA) is 121 Å². The Bertz CT molecular complexity index is 1300. The maximum atomic E-state index is 13.5. The summed E-state index contributed by atoms with van der Waals surface area (Å²) in [6.45, 7) is 0.699. The van der Waals surface area contributed by atoms with E-state index in [9.17, 15) is 19.5 Å². The molecule has 1 aliphatic carbocycles. The second-order valence-corrected chi connectivity index (χ2v) is 10.6. The van der Waals surface area contributed by atoms with Crippen LogP contribution >= 0.6 is 11.6 Å². The zero-order valence-electron chi connectivity index (χ0n) is 21.4. The largest absolute Gasteiger partial charge is 0.497 e. The summed E-state index contributed by atoms with van der Waals surface area (Å²) in [5.74, 6) is -0.888. The summed E-state index contributed by atoms with van der Waals surface area (Å²) in [6.07, 6.45) is 6.29. The number of benzene rings is 1. The first-order valence-corrected chi connectivity index (χ1v) is 13.1. The Morgan fingerprint density at radius 1 is 1.26 bits per heavy atom. The Morgan fingerprint density at radius 2 is 2.08 bits per heavy atom. The van der Waals surface area contributed by atoms with Crippen molar-refractivity contribution in [1.82, 2.24) is 20.1 Å². The zero-order valence-corrected chi connectivity index (χ0v) is 22.1. The number of nitrogens with zero attached hydrogens (tertiary/aromatic N) is 3. The van der Waals surface area contributed by atoms with Crippen molar-refractivity contribution >= 4 is 40.3 Å². The molecule has 0 bridgehead atoms. The number of carboxylic acid groups (broad SMARTS) is 1. The molecule has 11 heteroatoms. The van der Waals surface area contributed by atoms with Gasteiger partial charge in [-0.1, -0.05) is 23.8 Å². The van der Waals surface area contributed by atoms with Crippen molar-refractivity contribution in [3.8, 4) is 11.6 Å². The highest BCUT2D eigenvalue weighted by atomic mass is 35.5. The second kappa shape index (κ2) is 10.3. The number of urea groups is 1. The molecule has 1 aromatic carbocycles. The van der Waals surface area contributed by atoms with Gasteiger partial charge in [-0.2, -0.15) is 0 Å². The number of methoxy groups -OCH3 is 1. The number of hydrogen-bond donors (Lipinski definition) is 2. The third kappa shape index (κ3) is 4.97. The number of rotatable bonds is 4. The van der Waals surface area contributed by atoms with Crippen molar-refractivity contribution < 1.29 is 29.0 Å². The predicted molar refractivity (Wildman–Crippen MR) is 140 cm³/mol. The summed E-state index contributed by atoms with van der Waals surface area (Å²) in [5, 5.41) is 14.4. The number of allylic oxidation sites excluding steroid dienone is 1. The molecule has 2 aromatic rings. The van der Waals surface area contributed by atoms with Gasteiger partial charge in [-0.3, -0.25) is 4.79 Å². The van der Waals surface area contributed by atoms with Gasteiger partial charge in [0, 0.05) is 31.3 Å². The number of amides is 3. The van der Waals surface area contributed by atoms with Gasteiger partial charge in [-0.05, 0) is 55.3 Å². The van der Waals surface area contributed by atoms with Crippen molar-refractivity contribution in [2.24, 2.45) is 5.92 Å². The molecule has 4 unspecified atom stereocenters. The SMILES string of the molecule is COc1ccc2c(OC3CC4C(=O)NC5(C(=O)O)CC5/C=C/CCCCN(C)C(=O)N4C3)nc(Cl)cc2c1. The van der Waals surface area contributed by atoms with Crippen LogP contribution in [0.3, 0.4) is 0 Å². The van der Waals surface area contributed by atoms with Gasteiger partial charge in [0.05, 0.1) is 13.7 Å². The van der Waals surface area contributed by atoms with Gasteiger partial charge < -0.3 is 29.7 Å². The third-order valence-electron chi connectivity index (χ3n) is 7.61. The number of aromatic nitrogens is 1. The number of carbonyl (C=O) groups is 3. The molecular formula is C27H31ClN4O6. The molecule has 3 heterocycles. The smallest absolute Gasteiger partial charge is 0.330 e. The lowest BCUT2D eigenvalue weighted by Crippen LogP contribution is -2.54. The van der Waals surface area contributed by atoms with Crippen LogP contribution in [0.4, 0.5) is 4.79 Å². The fraction of sp³-hybridized carbons (Fsp3) is 0.481. The van der Waals surface area contributed by atoms with Crippen molar-refractivity contribution in [2.45, 2.75) is 49.8 Å². The number of halogens is 1. The van der Waals surface area contributed by atoms with E-state index in [0.29, 0.717) is 30.0 Å². The van der Waals surface area contributed by atoms with E-state index in [4.69, 9.17) is 21.1 Å². The Kier molecular flexibility index (Phi) is 7.09. The Hall–Kier alpha value is -3.53. The molecule has 5 rings (SSSR count). The summed E-state index contributed by atoms with van der Waals surface area (Å²) in [4.78, 5) is 46.5. The highest BCUT2D eigenvalue weighted by Crippen LogP contribution is 2.45. The number of carbonyl (C=O) groups excluding carboxylic acids is 2. The normalized spacial score (nSPS) is 28.7. The Labute approximate surface area is 225 Å². The standard InChI is InChI=1S/C27H31ClN4O6/c1-31-10-6-4-3-5-7-17-14-27(17,25(34)35)30-23(33)21-13-19(15-32(21)26(31)36)38-24-20-9-8-18(37-2)11-16(20)12-22(28)29-24/h5,7-9,11-12,17,19,21H,3-4,6,10,13-15H2,1-2H3,(H,30,33)(H,34,35)/b7-5+. The van der Waals surface area contributed by atoms with Gasteiger partial charge >= 0.3 is 12.0 Å². The Balaban J connectivity index is 1.43. The number of nitrogens with one attached hydrogen (secondary N) is 1. The zero-order chi connectivity index (χ0) is 27.0. The van der Waals surface area contributed by atoms with Crippen LogP contribution in [-0.2, 0) is 9.59 Å². The minimum absolute atomic E-state index is 0.149. The molecule has 4 atom stereocenters. The first-order valence-electron chi connectivity index (χ1n) is 12.8. The molecule has 2 N–H and O–H groups in total. The molecule has 3 aliphatic rings. The third-order valence-corrected chi connectivity index (χ3v) is 7.81. The summed E-state index contributed by atoms with van der Waals surface area (Å²) < 4.78 is 11.6. The number of fused-ring (bicyclic) bond motifs is 3. The maximum Gasteiger partial charge on any atom is 0.330 e. The van der Waals surface area contributed by atoms with Crippen LogP contribution in [0.15, 0.2) is 36.4 Å². The number of pyridine rings is 1. The van der Waals surface area contributed by atoms with Crippen LogP contribution in [0.1, 0.15) is 32.1 Å². The van der Waals surface area contributed by atoms with Crippen molar-refractivity contribution in [1.29, 1.82) is 0 Å². The van der Waals surface area contributed by atoms with E-state index in [1.54, 1.807) is 31.2 Å². The van der Waals surface area contributed by atoms with Gasteiger partial charge in [0.15, 0.2) is 0 Å². The second-order valence-electron chi connectivity index (χ2n) is 10.2. The van der Waals surface area contributed by atoms with E-state index >= 15 is 0 Å². The number of hydrogen-bond acceptors (Lipinski definition) is 6. The fourth-order valence-electron chi connectivity index (χ4n) is 5.34. The lowest BCUT2D eigenvalue weighted by atomic mass is 10.1. The Morgan fingerprint density at radius 3 is 2.84 bits per heavy atom. The summed E-state index contributed by atoms with van der Waals surface area (Å²) in [5.41, 5.74) is -1.35. The van der Waals surface area contributed by atoms with Crippen LogP contribution in [0.5, 0.6) is 11.6 Å². The molecule has 1 aromatic heterocycles.